The van der Waals surface area contributed by atoms with E-state index in [4.69, 9.17) is 4.74 Å². The van der Waals surface area contributed by atoms with Gasteiger partial charge in [-0.05, 0) is 55.4 Å². The number of nitrogens with zero attached hydrogens (tertiary/aromatic N) is 1. The van der Waals surface area contributed by atoms with Crippen LogP contribution in [0.5, 0.6) is 0 Å². The van der Waals surface area contributed by atoms with Gasteiger partial charge in [0.2, 0.25) is 5.91 Å². The van der Waals surface area contributed by atoms with Crippen molar-refractivity contribution in [2.75, 3.05) is 29.9 Å². The Kier molecular flexibility index (Phi) is 8.58. The van der Waals surface area contributed by atoms with Crippen LogP contribution in [0.2, 0.25) is 0 Å². The number of anilines is 2. The summed E-state index contributed by atoms with van der Waals surface area (Å²) < 4.78 is 5.56. The molecule has 0 aromatic heterocycles. The van der Waals surface area contributed by atoms with Gasteiger partial charge in [-0.3, -0.25) is 9.59 Å². The highest BCUT2D eigenvalue weighted by Gasteiger charge is 2.24. The highest BCUT2D eigenvalue weighted by Crippen LogP contribution is 2.29. The zero-order chi connectivity index (χ0) is 23.8. The minimum Gasteiger partial charge on any atom is -0.371 e. The molecule has 0 bridgehead atoms. The molecule has 6 nitrogen and oxygen atoms in total. The second-order valence-corrected chi connectivity index (χ2v) is 9.74. The summed E-state index contributed by atoms with van der Waals surface area (Å²) in [5.74, 6) is 0.441. The minimum absolute atomic E-state index is 0.0374. The molecule has 2 aliphatic rings. The lowest BCUT2D eigenvalue weighted by atomic mass is 9.95. The third-order valence-corrected chi connectivity index (χ3v) is 6.93. The van der Waals surface area contributed by atoms with Gasteiger partial charge in [0.25, 0.3) is 5.91 Å². The number of carbonyl (C=O) groups excluding carboxylic acids is 2. The molecule has 182 valence electrons. The van der Waals surface area contributed by atoms with Crippen LogP contribution in [0.1, 0.15) is 67.8 Å². The summed E-state index contributed by atoms with van der Waals surface area (Å²) in [5.41, 5.74) is 3.25. The van der Waals surface area contributed by atoms with E-state index < -0.39 is 0 Å². The van der Waals surface area contributed by atoms with Gasteiger partial charge >= 0.3 is 0 Å². The number of rotatable bonds is 8. The normalized spacial score (nSPS) is 17.4. The van der Waals surface area contributed by atoms with E-state index in [2.05, 4.69) is 22.5 Å². The van der Waals surface area contributed by atoms with Crippen LogP contribution >= 0.6 is 0 Å². The lowest BCUT2D eigenvalue weighted by Gasteiger charge is -2.34. The lowest BCUT2D eigenvalue weighted by Crippen LogP contribution is -2.38. The van der Waals surface area contributed by atoms with Gasteiger partial charge in [-0.15, -0.1) is 0 Å². The van der Waals surface area contributed by atoms with Crippen molar-refractivity contribution >= 4 is 23.2 Å². The summed E-state index contributed by atoms with van der Waals surface area (Å²) in [6.45, 7) is 4.53. The molecule has 0 unspecified atom stereocenters. The van der Waals surface area contributed by atoms with Gasteiger partial charge in [-0.1, -0.05) is 56.5 Å². The summed E-state index contributed by atoms with van der Waals surface area (Å²) in [4.78, 5) is 28.1. The molecule has 1 aliphatic carbocycles. The monoisotopic (exact) mass is 463 g/mol. The highest BCUT2D eigenvalue weighted by molar-refractivity contribution is 6.02. The summed E-state index contributed by atoms with van der Waals surface area (Å²) in [7, 11) is 0. The Balaban J connectivity index is 1.43. The number of hydrogen-bond donors (Lipinski definition) is 2. The summed E-state index contributed by atoms with van der Waals surface area (Å²) in [5, 5.41) is 6.16. The van der Waals surface area contributed by atoms with Gasteiger partial charge in [0.15, 0.2) is 0 Å². The van der Waals surface area contributed by atoms with E-state index in [1.807, 2.05) is 48.5 Å². The van der Waals surface area contributed by atoms with E-state index in [0.29, 0.717) is 23.8 Å². The fraction of sp³-hybridized carbons (Fsp3) is 0.500. The Morgan fingerprint density at radius 1 is 0.971 bits per heavy atom. The van der Waals surface area contributed by atoms with E-state index in [1.54, 1.807) is 0 Å². The van der Waals surface area contributed by atoms with Crippen molar-refractivity contribution < 1.29 is 14.3 Å². The molecule has 2 N–H and O–H groups in total. The van der Waals surface area contributed by atoms with Gasteiger partial charge in [0.1, 0.15) is 6.61 Å². The van der Waals surface area contributed by atoms with E-state index in [-0.39, 0.29) is 24.5 Å². The molecule has 1 saturated heterocycles. The zero-order valence-corrected chi connectivity index (χ0v) is 20.2. The van der Waals surface area contributed by atoms with Crippen LogP contribution in [0.25, 0.3) is 0 Å². The largest absolute Gasteiger partial charge is 0.371 e. The fourth-order valence-electron chi connectivity index (χ4n) is 4.86. The predicted octanol–water partition coefficient (Wildman–Crippen LogP) is 5.14. The molecule has 34 heavy (non-hydrogen) atoms. The second-order valence-electron chi connectivity index (χ2n) is 9.74. The van der Waals surface area contributed by atoms with Gasteiger partial charge in [0.05, 0.1) is 12.2 Å². The average Bonchev–Trinajstić information content (AvgIpc) is 2.86. The fourth-order valence-corrected chi connectivity index (χ4v) is 4.86. The van der Waals surface area contributed by atoms with E-state index in [9.17, 15) is 9.59 Å². The van der Waals surface area contributed by atoms with Crippen LogP contribution in [0, 0.1) is 5.92 Å². The van der Waals surface area contributed by atoms with Crippen molar-refractivity contribution in [2.45, 2.75) is 64.5 Å². The van der Waals surface area contributed by atoms with Crippen LogP contribution in [0.4, 0.5) is 11.4 Å². The molecule has 1 aliphatic heterocycles. The second kappa shape index (κ2) is 12.0. The Morgan fingerprint density at radius 2 is 1.71 bits per heavy atom. The maximum absolute atomic E-state index is 13.3. The van der Waals surface area contributed by atoms with Crippen molar-refractivity contribution in [1.29, 1.82) is 0 Å². The van der Waals surface area contributed by atoms with Gasteiger partial charge in [0, 0.05) is 30.5 Å². The number of nitrogens with one attached hydrogen (secondary N) is 2. The standard InChI is InChI=1S/C28H37N3O3/c1-21-14-16-31(17-15-21)26-13-12-24(18-25(26)28(33)30-23-10-6-3-7-11-23)29-27(32)20-34-19-22-8-4-2-5-9-22/h2,4-5,8-9,12-13,18,21,23H,3,6-7,10-11,14-17,19-20H2,1H3,(H,29,32)(H,30,33). The first-order chi connectivity index (χ1) is 16.6. The van der Waals surface area contributed by atoms with Crippen LogP contribution in [0.15, 0.2) is 48.5 Å². The third kappa shape index (κ3) is 6.83. The molecule has 0 spiro atoms. The van der Waals surface area contributed by atoms with E-state index in [1.165, 1.54) is 19.3 Å². The maximum Gasteiger partial charge on any atom is 0.253 e. The smallest absolute Gasteiger partial charge is 0.253 e. The van der Waals surface area contributed by atoms with Crippen LogP contribution in [0.3, 0.4) is 0 Å². The third-order valence-electron chi connectivity index (χ3n) is 6.93. The van der Waals surface area contributed by atoms with Gasteiger partial charge < -0.3 is 20.3 Å². The topological polar surface area (TPSA) is 70.7 Å². The number of amides is 2. The van der Waals surface area contributed by atoms with Gasteiger partial charge in [-0.25, -0.2) is 0 Å². The first kappa shape index (κ1) is 24.3. The molecular weight excluding hydrogens is 426 g/mol. The van der Waals surface area contributed by atoms with Crippen molar-refractivity contribution in [3.05, 3.63) is 59.7 Å². The number of ether oxygens (including phenoxy) is 1. The number of hydrogen-bond acceptors (Lipinski definition) is 4. The minimum atomic E-state index is -0.228. The average molecular weight is 464 g/mol. The number of carbonyl (C=O) groups is 2. The van der Waals surface area contributed by atoms with E-state index in [0.717, 1.165) is 50.0 Å². The molecule has 6 heteroatoms. The Morgan fingerprint density at radius 3 is 2.44 bits per heavy atom. The zero-order valence-electron chi connectivity index (χ0n) is 20.2. The Bertz CT molecular complexity index is 949. The lowest BCUT2D eigenvalue weighted by molar-refractivity contribution is -0.121. The van der Waals surface area contributed by atoms with Crippen molar-refractivity contribution in [2.24, 2.45) is 5.92 Å². The maximum atomic E-state index is 13.3. The quantitative estimate of drug-likeness (QED) is 0.569. The van der Waals surface area contributed by atoms with Crippen molar-refractivity contribution in [1.82, 2.24) is 5.32 Å². The first-order valence-corrected chi connectivity index (χ1v) is 12.7. The SMILES string of the molecule is CC1CCN(c2ccc(NC(=O)COCc3ccccc3)cc2C(=O)NC2CCCCC2)CC1. The molecule has 1 saturated carbocycles. The van der Waals surface area contributed by atoms with Crippen LogP contribution < -0.4 is 15.5 Å². The molecule has 1 heterocycles. The number of piperidine rings is 1. The number of benzene rings is 2. The van der Waals surface area contributed by atoms with Crippen LogP contribution in [-0.4, -0.2) is 37.6 Å². The summed E-state index contributed by atoms with van der Waals surface area (Å²) in [6, 6.07) is 15.7. The summed E-state index contributed by atoms with van der Waals surface area (Å²) >= 11 is 0. The molecular formula is C28H37N3O3. The molecule has 2 aromatic rings. The van der Waals surface area contributed by atoms with Crippen molar-refractivity contribution in [3.63, 3.8) is 0 Å². The molecule has 0 atom stereocenters. The molecule has 2 aromatic carbocycles. The molecule has 2 amide bonds. The Labute approximate surface area is 203 Å². The van der Waals surface area contributed by atoms with Gasteiger partial charge in [-0.2, -0.15) is 0 Å². The van der Waals surface area contributed by atoms with E-state index >= 15 is 0 Å². The highest BCUT2D eigenvalue weighted by atomic mass is 16.5. The molecule has 0 radical (unpaired) electrons. The molecule has 2 fully saturated rings. The first-order valence-electron chi connectivity index (χ1n) is 12.7. The Hall–Kier alpha value is -2.86. The summed E-state index contributed by atoms with van der Waals surface area (Å²) in [6.07, 6.45) is 7.91. The van der Waals surface area contributed by atoms with Crippen molar-refractivity contribution in [3.8, 4) is 0 Å². The van der Waals surface area contributed by atoms with Crippen LogP contribution in [-0.2, 0) is 16.1 Å². The predicted molar refractivity (Wildman–Crippen MR) is 136 cm³/mol. The molecule has 4 rings (SSSR count).